The van der Waals surface area contributed by atoms with E-state index in [4.69, 9.17) is 47.0 Å². The molecule has 146 valence electrons. The van der Waals surface area contributed by atoms with Gasteiger partial charge in [-0.25, -0.2) is 4.39 Å². The molecule has 0 fully saturated rings. The van der Waals surface area contributed by atoms with Gasteiger partial charge in [-0.15, -0.1) is 0 Å². The van der Waals surface area contributed by atoms with E-state index in [1.165, 1.54) is 6.07 Å². The number of hydrogen-bond acceptors (Lipinski definition) is 2. The zero-order valence-electron chi connectivity index (χ0n) is 15.0. The van der Waals surface area contributed by atoms with E-state index in [1.807, 2.05) is 13.8 Å². The molecule has 0 saturated heterocycles. The summed E-state index contributed by atoms with van der Waals surface area (Å²) in [6.07, 6.45) is 0. The summed E-state index contributed by atoms with van der Waals surface area (Å²) in [5.74, 6) is -0.373. The number of aryl methyl sites for hydroxylation is 1. The van der Waals surface area contributed by atoms with Crippen LogP contribution in [-0.2, 0) is 6.54 Å². The topological polar surface area (TPSA) is 41.9 Å². The second-order valence-corrected chi connectivity index (χ2v) is 7.68. The minimum Gasteiger partial charge on any atom is -0.331 e. The van der Waals surface area contributed by atoms with E-state index in [-0.39, 0.29) is 12.4 Å². The molecular weight excluding hydrogens is 442 g/mol. The normalized spacial score (nSPS) is 10.8. The third kappa shape index (κ3) is 4.41. The smallest absolute Gasteiger partial charge is 0.175 e. The molecule has 2 aromatic carbocycles. The van der Waals surface area contributed by atoms with Gasteiger partial charge < -0.3 is 10.6 Å². The number of nitrogens with one attached hydrogen (secondary N) is 2. The Balaban J connectivity index is 1.80. The van der Waals surface area contributed by atoms with Gasteiger partial charge in [-0.3, -0.25) is 4.68 Å². The minimum absolute atomic E-state index is 0.209. The summed E-state index contributed by atoms with van der Waals surface area (Å²) in [6, 6.07) is 9.83. The second-order valence-electron chi connectivity index (χ2n) is 6.08. The van der Waals surface area contributed by atoms with Gasteiger partial charge in [0.25, 0.3) is 0 Å². The third-order valence-corrected chi connectivity index (χ3v) is 5.57. The molecule has 0 amide bonds. The lowest BCUT2D eigenvalue weighted by atomic mass is 10.2. The Hall–Kier alpha value is -1.86. The van der Waals surface area contributed by atoms with Crippen LogP contribution < -0.4 is 10.6 Å². The van der Waals surface area contributed by atoms with E-state index in [0.29, 0.717) is 37.1 Å². The van der Waals surface area contributed by atoms with E-state index in [0.717, 1.165) is 11.4 Å². The van der Waals surface area contributed by atoms with Gasteiger partial charge in [0.15, 0.2) is 5.11 Å². The highest BCUT2D eigenvalue weighted by molar-refractivity contribution is 7.80. The number of hydrogen-bond donors (Lipinski definition) is 2. The summed E-state index contributed by atoms with van der Waals surface area (Å²) in [4.78, 5) is 0. The number of aromatic nitrogens is 2. The quantitative estimate of drug-likeness (QED) is 0.441. The van der Waals surface area contributed by atoms with E-state index >= 15 is 0 Å². The van der Waals surface area contributed by atoms with Crippen LogP contribution in [0.3, 0.4) is 0 Å². The van der Waals surface area contributed by atoms with Crippen molar-refractivity contribution in [2.75, 3.05) is 10.6 Å². The van der Waals surface area contributed by atoms with Crippen molar-refractivity contribution in [3.63, 3.8) is 0 Å². The van der Waals surface area contributed by atoms with Crippen LogP contribution in [0.5, 0.6) is 0 Å². The lowest BCUT2D eigenvalue weighted by Gasteiger charge is -2.13. The molecule has 0 spiro atoms. The molecule has 0 radical (unpaired) electrons. The van der Waals surface area contributed by atoms with Gasteiger partial charge in [0.2, 0.25) is 0 Å². The molecule has 0 aliphatic rings. The van der Waals surface area contributed by atoms with Gasteiger partial charge >= 0.3 is 0 Å². The Morgan fingerprint density at radius 1 is 1.07 bits per heavy atom. The Morgan fingerprint density at radius 2 is 1.75 bits per heavy atom. The highest BCUT2D eigenvalue weighted by atomic mass is 35.5. The standard InChI is InChI=1S/C19H16Cl3FN4S/c1-10-18(25-19(28)24-16-8-4-6-14(21)17(16)22)11(2)27(26-10)9-12-13(20)5-3-7-15(12)23/h3-8H,9H2,1-2H3,(H2,24,25,28). The third-order valence-electron chi connectivity index (χ3n) is 4.19. The zero-order chi connectivity index (χ0) is 20.4. The van der Waals surface area contributed by atoms with E-state index in [1.54, 1.807) is 35.0 Å². The SMILES string of the molecule is Cc1nn(Cc2c(F)cccc2Cl)c(C)c1NC(=S)Nc1cccc(Cl)c1Cl. The summed E-state index contributed by atoms with van der Waals surface area (Å²) in [6.45, 7) is 3.91. The molecule has 1 heterocycles. The summed E-state index contributed by atoms with van der Waals surface area (Å²) < 4.78 is 15.8. The van der Waals surface area contributed by atoms with E-state index in [9.17, 15) is 4.39 Å². The fourth-order valence-corrected chi connectivity index (χ4v) is 3.51. The summed E-state index contributed by atoms with van der Waals surface area (Å²) in [7, 11) is 0. The van der Waals surface area contributed by atoms with E-state index in [2.05, 4.69) is 15.7 Å². The molecule has 0 atom stereocenters. The first kappa shape index (κ1) is 20.9. The molecule has 9 heteroatoms. The first-order valence-corrected chi connectivity index (χ1v) is 9.81. The average molecular weight is 458 g/mol. The Morgan fingerprint density at radius 3 is 2.46 bits per heavy atom. The van der Waals surface area contributed by atoms with Crippen molar-refractivity contribution in [3.05, 3.63) is 74.2 Å². The van der Waals surface area contributed by atoms with Crippen LogP contribution in [0.4, 0.5) is 15.8 Å². The van der Waals surface area contributed by atoms with Crippen LogP contribution in [0.1, 0.15) is 17.0 Å². The zero-order valence-corrected chi connectivity index (χ0v) is 18.1. The Kier molecular flexibility index (Phi) is 6.45. The van der Waals surface area contributed by atoms with Gasteiger partial charge in [-0.1, -0.05) is 46.9 Å². The number of nitrogens with zero attached hydrogens (tertiary/aromatic N) is 2. The molecule has 3 aromatic rings. The monoisotopic (exact) mass is 456 g/mol. The number of benzene rings is 2. The summed E-state index contributed by atoms with van der Waals surface area (Å²) in [5.41, 5.74) is 3.20. The largest absolute Gasteiger partial charge is 0.331 e. The predicted molar refractivity (Wildman–Crippen MR) is 119 cm³/mol. The first-order valence-electron chi connectivity index (χ1n) is 8.27. The number of rotatable bonds is 4. The molecule has 0 bridgehead atoms. The van der Waals surface area contributed by atoms with Crippen LogP contribution in [0.25, 0.3) is 0 Å². The summed E-state index contributed by atoms with van der Waals surface area (Å²) >= 11 is 23.7. The maximum atomic E-state index is 14.1. The Labute approximate surface area is 182 Å². The molecule has 3 rings (SSSR count). The lowest BCUT2D eigenvalue weighted by molar-refractivity contribution is 0.579. The van der Waals surface area contributed by atoms with Crippen molar-refractivity contribution in [3.8, 4) is 0 Å². The molecule has 0 saturated carbocycles. The number of thiocarbonyl (C=S) groups is 1. The van der Waals surface area contributed by atoms with Gasteiger partial charge in [-0.05, 0) is 50.3 Å². The van der Waals surface area contributed by atoms with Crippen LogP contribution >= 0.6 is 47.0 Å². The van der Waals surface area contributed by atoms with Crippen LogP contribution in [0.15, 0.2) is 36.4 Å². The lowest BCUT2D eigenvalue weighted by Crippen LogP contribution is -2.20. The van der Waals surface area contributed by atoms with Crippen molar-refractivity contribution >= 4 is 63.5 Å². The average Bonchev–Trinajstić information content (AvgIpc) is 2.89. The number of anilines is 2. The van der Waals surface area contributed by atoms with Crippen LogP contribution in [0, 0.1) is 19.7 Å². The highest BCUT2D eigenvalue weighted by Gasteiger charge is 2.16. The fourth-order valence-electron chi connectivity index (χ4n) is 2.73. The minimum atomic E-state index is -0.373. The fraction of sp³-hybridized carbons (Fsp3) is 0.158. The molecule has 0 aliphatic carbocycles. The molecule has 0 aliphatic heterocycles. The van der Waals surface area contributed by atoms with Crippen molar-refractivity contribution in [2.24, 2.45) is 0 Å². The van der Waals surface area contributed by atoms with Crippen molar-refractivity contribution in [2.45, 2.75) is 20.4 Å². The van der Waals surface area contributed by atoms with Gasteiger partial charge in [0.05, 0.1) is 39.4 Å². The van der Waals surface area contributed by atoms with Crippen molar-refractivity contribution in [1.82, 2.24) is 9.78 Å². The maximum Gasteiger partial charge on any atom is 0.175 e. The molecule has 2 N–H and O–H groups in total. The van der Waals surface area contributed by atoms with Crippen LogP contribution in [-0.4, -0.2) is 14.9 Å². The molecule has 1 aromatic heterocycles. The first-order chi connectivity index (χ1) is 13.3. The highest BCUT2D eigenvalue weighted by Crippen LogP contribution is 2.30. The van der Waals surface area contributed by atoms with Crippen LogP contribution in [0.2, 0.25) is 15.1 Å². The molecule has 0 unspecified atom stereocenters. The number of halogens is 4. The van der Waals surface area contributed by atoms with Gasteiger partial charge in [-0.2, -0.15) is 5.10 Å². The van der Waals surface area contributed by atoms with Crippen molar-refractivity contribution < 1.29 is 4.39 Å². The van der Waals surface area contributed by atoms with Gasteiger partial charge in [0, 0.05) is 10.6 Å². The molecular formula is C19H16Cl3FN4S. The Bertz CT molecular complexity index is 1030. The predicted octanol–water partition coefficient (Wildman–Crippen LogP) is 6.46. The molecule has 4 nitrogen and oxygen atoms in total. The summed E-state index contributed by atoms with van der Waals surface area (Å²) in [5, 5.41) is 12.1. The van der Waals surface area contributed by atoms with E-state index < -0.39 is 0 Å². The maximum absolute atomic E-state index is 14.1. The molecule has 28 heavy (non-hydrogen) atoms. The van der Waals surface area contributed by atoms with Gasteiger partial charge in [0.1, 0.15) is 5.82 Å². The van der Waals surface area contributed by atoms with Crippen molar-refractivity contribution in [1.29, 1.82) is 0 Å². The second kappa shape index (κ2) is 8.66.